The van der Waals surface area contributed by atoms with E-state index in [9.17, 15) is 9.50 Å². The first-order valence-electron chi connectivity index (χ1n) is 8.52. The van der Waals surface area contributed by atoms with E-state index in [4.69, 9.17) is 0 Å². The molecule has 4 nitrogen and oxygen atoms in total. The Morgan fingerprint density at radius 2 is 1.82 bits per heavy atom. The van der Waals surface area contributed by atoms with Gasteiger partial charge in [-0.2, -0.15) is 0 Å². The fraction of sp³-hybridized carbons (Fsp3) is 0.0476. The number of hydrogen-bond donors (Lipinski definition) is 2. The second kappa shape index (κ2) is 8.52. The zero-order chi connectivity index (χ0) is 19.3. The maximum absolute atomic E-state index is 14.8. The smallest absolute Gasteiger partial charge is 0.192 e. The fourth-order valence-electron chi connectivity index (χ4n) is 2.81. The summed E-state index contributed by atoms with van der Waals surface area (Å²) in [7, 11) is 0. The van der Waals surface area contributed by atoms with E-state index in [1.807, 2.05) is 35.7 Å². The molecule has 7 heteroatoms. The molecule has 0 aliphatic rings. The van der Waals surface area contributed by atoms with Crippen LogP contribution < -0.4 is 4.72 Å². The second-order valence-electron chi connectivity index (χ2n) is 5.93. The summed E-state index contributed by atoms with van der Waals surface area (Å²) in [5.41, 5.74) is 2.29. The van der Waals surface area contributed by atoms with E-state index >= 15 is 0 Å². The molecule has 0 amide bonds. The Labute approximate surface area is 170 Å². The number of halogens is 1. The van der Waals surface area contributed by atoms with Crippen molar-refractivity contribution in [3.63, 3.8) is 0 Å². The highest BCUT2D eigenvalue weighted by molar-refractivity contribution is 8.00. The minimum absolute atomic E-state index is 0.212. The Kier molecular flexibility index (Phi) is 5.66. The normalized spacial score (nSPS) is 11.9. The molecule has 1 unspecified atom stereocenters. The van der Waals surface area contributed by atoms with Gasteiger partial charge in [-0.15, -0.1) is 11.3 Å². The third kappa shape index (κ3) is 4.06. The molecule has 0 saturated heterocycles. The number of aliphatic hydroxyl groups is 1. The van der Waals surface area contributed by atoms with Crippen LogP contribution in [0.5, 0.6) is 0 Å². The van der Waals surface area contributed by atoms with Gasteiger partial charge in [-0.3, -0.25) is 4.98 Å². The summed E-state index contributed by atoms with van der Waals surface area (Å²) < 4.78 is 17.8. The van der Waals surface area contributed by atoms with Gasteiger partial charge in [0.2, 0.25) is 0 Å². The van der Waals surface area contributed by atoms with Crippen molar-refractivity contribution in [3.8, 4) is 11.3 Å². The molecule has 2 aromatic heterocycles. The van der Waals surface area contributed by atoms with Crippen LogP contribution in [0.15, 0.2) is 83.3 Å². The van der Waals surface area contributed by atoms with Gasteiger partial charge in [0.15, 0.2) is 5.13 Å². The first kappa shape index (κ1) is 18.6. The lowest BCUT2D eigenvalue weighted by atomic mass is 9.96. The average Bonchev–Trinajstić information content (AvgIpc) is 3.26. The maximum atomic E-state index is 14.8. The predicted molar refractivity (Wildman–Crippen MR) is 112 cm³/mol. The molecule has 0 bridgehead atoms. The van der Waals surface area contributed by atoms with Crippen LogP contribution in [0.3, 0.4) is 0 Å². The van der Waals surface area contributed by atoms with Crippen molar-refractivity contribution in [2.75, 3.05) is 4.72 Å². The molecular formula is C21H16FN3OS2. The van der Waals surface area contributed by atoms with E-state index in [2.05, 4.69) is 14.7 Å². The van der Waals surface area contributed by atoms with Crippen molar-refractivity contribution in [1.82, 2.24) is 9.97 Å². The van der Waals surface area contributed by atoms with E-state index in [-0.39, 0.29) is 5.56 Å². The predicted octanol–water partition coefficient (Wildman–Crippen LogP) is 5.55. The van der Waals surface area contributed by atoms with E-state index in [1.165, 1.54) is 29.4 Å². The molecule has 28 heavy (non-hydrogen) atoms. The van der Waals surface area contributed by atoms with Gasteiger partial charge < -0.3 is 9.83 Å². The maximum Gasteiger partial charge on any atom is 0.192 e. The number of pyridine rings is 1. The molecule has 2 heterocycles. The lowest BCUT2D eigenvalue weighted by molar-refractivity contribution is 0.215. The SMILES string of the molecule is OC(c1ccc(SNc2nccs2)cc1F)c1cccnc1-c1ccccc1. The summed E-state index contributed by atoms with van der Waals surface area (Å²) in [6.07, 6.45) is 2.25. The van der Waals surface area contributed by atoms with Gasteiger partial charge >= 0.3 is 0 Å². The molecule has 4 aromatic rings. The van der Waals surface area contributed by atoms with Gasteiger partial charge in [0.05, 0.1) is 5.69 Å². The van der Waals surface area contributed by atoms with Crippen LogP contribution in [0.4, 0.5) is 9.52 Å². The topological polar surface area (TPSA) is 58.0 Å². The molecule has 0 saturated carbocycles. The van der Waals surface area contributed by atoms with Crippen LogP contribution in [-0.2, 0) is 0 Å². The van der Waals surface area contributed by atoms with Gasteiger partial charge in [-0.1, -0.05) is 42.5 Å². The number of thiazole rings is 1. The highest BCUT2D eigenvalue weighted by atomic mass is 32.2. The molecule has 0 spiro atoms. The minimum Gasteiger partial charge on any atom is -0.383 e. The van der Waals surface area contributed by atoms with Crippen molar-refractivity contribution < 1.29 is 9.50 Å². The Bertz CT molecular complexity index is 1060. The largest absolute Gasteiger partial charge is 0.383 e. The molecular weight excluding hydrogens is 393 g/mol. The number of rotatable bonds is 6. The van der Waals surface area contributed by atoms with Crippen LogP contribution in [0.2, 0.25) is 0 Å². The lowest BCUT2D eigenvalue weighted by Gasteiger charge is -2.16. The lowest BCUT2D eigenvalue weighted by Crippen LogP contribution is -2.05. The Morgan fingerprint density at radius 3 is 2.57 bits per heavy atom. The summed E-state index contributed by atoms with van der Waals surface area (Å²) >= 11 is 2.74. The van der Waals surface area contributed by atoms with Gasteiger partial charge in [0.25, 0.3) is 0 Å². The number of nitrogens with one attached hydrogen (secondary N) is 1. The summed E-state index contributed by atoms with van der Waals surface area (Å²) in [5.74, 6) is -0.471. The molecule has 0 aliphatic heterocycles. The highest BCUT2D eigenvalue weighted by Gasteiger charge is 2.20. The third-order valence-electron chi connectivity index (χ3n) is 4.14. The van der Waals surface area contributed by atoms with E-state index < -0.39 is 11.9 Å². The summed E-state index contributed by atoms with van der Waals surface area (Å²) in [6.45, 7) is 0. The van der Waals surface area contributed by atoms with Crippen LogP contribution in [0.1, 0.15) is 17.2 Å². The van der Waals surface area contributed by atoms with Gasteiger partial charge in [-0.25, -0.2) is 9.37 Å². The fourth-order valence-corrected chi connectivity index (χ4v) is 4.06. The molecule has 0 radical (unpaired) electrons. The average molecular weight is 410 g/mol. The summed E-state index contributed by atoms with van der Waals surface area (Å²) in [5, 5.41) is 13.5. The van der Waals surface area contributed by atoms with E-state index in [0.29, 0.717) is 16.2 Å². The van der Waals surface area contributed by atoms with Crippen molar-refractivity contribution in [3.05, 3.63) is 95.4 Å². The van der Waals surface area contributed by atoms with Crippen molar-refractivity contribution in [2.24, 2.45) is 0 Å². The molecule has 140 valence electrons. The molecule has 1 atom stereocenters. The minimum atomic E-state index is -1.12. The standard InChI is InChI=1S/C21H16FN3OS2/c22-18-13-15(28-25-21-24-11-12-27-21)8-9-16(18)20(26)17-7-4-10-23-19(17)14-5-2-1-3-6-14/h1-13,20,26H,(H,24,25). The van der Waals surface area contributed by atoms with Crippen LogP contribution in [0, 0.1) is 5.82 Å². The first-order chi connectivity index (χ1) is 13.7. The number of hydrogen-bond acceptors (Lipinski definition) is 6. The molecule has 0 fully saturated rings. The number of anilines is 1. The number of benzene rings is 2. The zero-order valence-electron chi connectivity index (χ0n) is 14.6. The summed E-state index contributed by atoms with van der Waals surface area (Å²) in [4.78, 5) is 9.21. The van der Waals surface area contributed by atoms with Crippen molar-refractivity contribution in [1.29, 1.82) is 0 Å². The Balaban J connectivity index is 1.59. The van der Waals surface area contributed by atoms with Crippen LogP contribution in [-0.4, -0.2) is 15.1 Å². The van der Waals surface area contributed by atoms with Gasteiger partial charge in [-0.05, 0) is 30.1 Å². The van der Waals surface area contributed by atoms with Crippen molar-refractivity contribution in [2.45, 2.75) is 11.0 Å². The second-order valence-corrected chi connectivity index (χ2v) is 7.71. The van der Waals surface area contributed by atoms with E-state index in [1.54, 1.807) is 36.7 Å². The molecule has 0 aliphatic carbocycles. The third-order valence-corrected chi connectivity index (χ3v) is 5.74. The van der Waals surface area contributed by atoms with Crippen LogP contribution in [0.25, 0.3) is 11.3 Å². The quantitative estimate of drug-likeness (QED) is 0.409. The molecule has 4 rings (SSSR count). The van der Waals surface area contributed by atoms with Gasteiger partial charge in [0.1, 0.15) is 11.9 Å². The first-order valence-corrected chi connectivity index (χ1v) is 10.2. The number of aliphatic hydroxyl groups excluding tert-OH is 1. The van der Waals surface area contributed by atoms with Crippen LogP contribution >= 0.6 is 23.3 Å². The Hall–Kier alpha value is -2.74. The van der Waals surface area contributed by atoms with E-state index in [0.717, 1.165) is 10.7 Å². The van der Waals surface area contributed by atoms with Crippen molar-refractivity contribution >= 4 is 28.4 Å². The highest BCUT2D eigenvalue weighted by Crippen LogP contribution is 2.33. The number of aromatic nitrogens is 2. The monoisotopic (exact) mass is 409 g/mol. The molecule has 2 aromatic carbocycles. The Morgan fingerprint density at radius 1 is 0.964 bits per heavy atom. The molecule has 2 N–H and O–H groups in total. The summed E-state index contributed by atoms with van der Waals surface area (Å²) in [6, 6.07) is 17.8. The van der Waals surface area contributed by atoms with Gasteiger partial charge in [0, 0.05) is 39.4 Å². The number of nitrogens with zero attached hydrogens (tertiary/aromatic N) is 2. The zero-order valence-corrected chi connectivity index (χ0v) is 16.3.